The molecule has 146 valence electrons. The highest BCUT2D eigenvalue weighted by Crippen LogP contribution is 2.42. The molecule has 0 amide bonds. The van der Waals surface area contributed by atoms with E-state index in [0.717, 1.165) is 47.4 Å². The van der Waals surface area contributed by atoms with Crippen LogP contribution in [0.5, 0.6) is 5.75 Å². The van der Waals surface area contributed by atoms with Crippen LogP contribution in [0.3, 0.4) is 0 Å². The lowest BCUT2D eigenvalue weighted by Crippen LogP contribution is -3.00. The average Bonchev–Trinajstić information content (AvgIpc) is 3.19. The van der Waals surface area contributed by atoms with E-state index in [0.29, 0.717) is 0 Å². The number of ether oxygens (including phenoxy) is 1. The molecule has 4 nitrogen and oxygen atoms in total. The number of nitrogens with zero attached hydrogens (tertiary/aromatic N) is 2. The molecule has 5 heteroatoms. The Labute approximate surface area is 179 Å². The Morgan fingerprint density at radius 3 is 2.23 bits per heavy atom. The van der Waals surface area contributed by atoms with Gasteiger partial charge in [-0.15, -0.1) is 0 Å². The maximum Gasteiger partial charge on any atom is 0.379 e. The number of halogens is 1. The van der Waals surface area contributed by atoms with Crippen molar-refractivity contribution in [1.82, 2.24) is 0 Å². The van der Waals surface area contributed by atoms with Crippen LogP contribution >= 0.6 is 0 Å². The van der Waals surface area contributed by atoms with E-state index in [2.05, 4.69) is 82.3 Å². The van der Waals surface area contributed by atoms with Gasteiger partial charge in [0.1, 0.15) is 6.08 Å². The first-order valence-corrected chi connectivity index (χ1v) is 9.88. The summed E-state index contributed by atoms with van der Waals surface area (Å²) in [5.74, 6) is 2.56. The van der Waals surface area contributed by atoms with E-state index < -0.39 is 0 Å². The molecule has 1 aromatic heterocycles. The molecule has 5 aromatic rings. The van der Waals surface area contributed by atoms with E-state index in [1.807, 2.05) is 6.08 Å². The SMILES string of the molecule is C1=C2Oc3cc4ccccc4cc3N2CC[n+]2c1oc1cc3ccccc3cc12.[Cl-]. The van der Waals surface area contributed by atoms with Crippen molar-refractivity contribution in [3.05, 3.63) is 84.6 Å². The fourth-order valence-corrected chi connectivity index (χ4v) is 4.55. The van der Waals surface area contributed by atoms with Crippen LogP contribution in [0.25, 0.3) is 38.7 Å². The van der Waals surface area contributed by atoms with Gasteiger partial charge in [0.05, 0.1) is 12.2 Å². The molecule has 0 fully saturated rings. The van der Waals surface area contributed by atoms with Crippen LogP contribution in [0.2, 0.25) is 0 Å². The Bertz CT molecular complexity index is 1500. The number of hydrogen-bond donors (Lipinski definition) is 0. The van der Waals surface area contributed by atoms with Gasteiger partial charge < -0.3 is 26.5 Å². The van der Waals surface area contributed by atoms with E-state index in [1.165, 1.54) is 21.5 Å². The highest BCUT2D eigenvalue weighted by atomic mass is 35.5. The molecule has 4 aromatic carbocycles. The predicted molar refractivity (Wildman–Crippen MR) is 114 cm³/mol. The Balaban J connectivity index is 0.00000175. The van der Waals surface area contributed by atoms with Gasteiger partial charge in [-0.2, -0.15) is 4.57 Å². The van der Waals surface area contributed by atoms with Crippen LogP contribution in [0, 0.1) is 0 Å². The molecule has 0 saturated carbocycles. The molecule has 0 aliphatic carbocycles. The van der Waals surface area contributed by atoms with Crippen molar-refractivity contribution >= 4 is 44.4 Å². The molecule has 0 unspecified atom stereocenters. The Morgan fingerprint density at radius 2 is 1.47 bits per heavy atom. The van der Waals surface area contributed by atoms with E-state index in [1.54, 1.807) is 0 Å². The van der Waals surface area contributed by atoms with Crippen LogP contribution in [0.4, 0.5) is 5.69 Å². The van der Waals surface area contributed by atoms with Crippen molar-refractivity contribution in [1.29, 1.82) is 0 Å². The van der Waals surface area contributed by atoms with Crippen molar-refractivity contribution in [2.24, 2.45) is 0 Å². The first-order valence-electron chi connectivity index (χ1n) is 9.88. The standard InChI is InChI=1S/C25H17N2O2.ClH/c1-3-7-18-13-22-20(11-16(18)5-1)26-9-10-27-21-12-17-6-2-4-8-19(17)14-23(21)29-25(27)15-24(26)28-22;/h1-8,11-15H,9-10H2;1H/q+1;/p-1. The molecule has 0 N–H and O–H groups in total. The number of fused-ring (bicyclic) bond motifs is 8. The number of benzene rings is 4. The van der Waals surface area contributed by atoms with Gasteiger partial charge >= 0.3 is 5.89 Å². The third kappa shape index (κ3) is 2.37. The summed E-state index contributed by atoms with van der Waals surface area (Å²) < 4.78 is 14.7. The zero-order chi connectivity index (χ0) is 18.9. The highest BCUT2D eigenvalue weighted by Gasteiger charge is 2.34. The summed E-state index contributed by atoms with van der Waals surface area (Å²) in [5, 5.41) is 4.83. The van der Waals surface area contributed by atoms with Crippen molar-refractivity contribution in [2.45, 2.75) is 6.54 Å². The third-order valence-corrected chi connectivity index (χ3v) is 5.99. The molecule has 7 rings (SSSR count). The number of rotatable bonds is 0. The maximum atomic E-state index is 6.24. The minimum atomic E-state index is 0. The smallest absolute Gasteiger partial charge is 0.379 e. The van der Waals surface area contributed by atoms with Gasteiger partial charge in [0.15, 0.2) is 12.3 Å². The summed E-state index contributed by atoms with van der Waals surface area (Å²) in [7, 11) is 0. The number of hydrogen-bond acceptors (Lipinski definition) is 3. The summed E-state index contributed by atoms with van der Waals surface area (Å²) in [5.41, 5.74) is 3.15. The molecule has 2 aliphatic heterocycles. The van der Waals surface area contributed by atoms with E-state index in [-0.39, 0.29) is 12.4 Å². The lowest BCUT2D eigenvalue weighted by Gasteiger charge is -2.14. The number of anilines is 1. The van der Waals surface area contributed by atoms with Crippen molar-refractivity contribution < 1.29 is 26.1 Å². The minimum absolute atomic E-state index is 0. The second kappa shape index (κ2) is 6.25. The number of aromatic nitrogens is 1. The van der Waals surface area contributed by atoms with Gasteiger partial charge in [-0.25, -0.2) is 0 Å². The third-order valence-electron chi connectivity index (χ3n) is 5.99. The van der Waals surface area contributed by atoms with E-state index in [9.17, 15) is 0 Å². The molecule has 2 aliphatic rings. The predicted octanol–water partition coefficient (Wildman–Crippen LogP) is 2.24. The van der Waals surface area contributed by atoms with Gasteiger partial charge in [0.25, 0.3) is 5.52 Å². The average molecular weight is 413 g/mol. The summed E-state index contributed by atoms with van der Waals surface area (Å²) in [6, 6.07) is 25.5. The zero-order valence-electron chi connectivity index (χ0n) is 16.0. The van der Waals surface area contributed by atoms with E-state index >= 15 is 0 Å². The number of oxazole rings is 1. The summed E-state index contributed by atoms with van der Waals surface area (Å²) in [6.45, 7) is 1.66. The molecule has 0 saturated heterocycles. The Hall–Kier alpha value is -3.50. The molecular weight excluding hydrogens is 396 g/mol. The molecule has 30 heavy (non-hydrogen) atoms. The molecule has 0 atom stereocenters. The first-order chi connectivity index (χ1) is 14.3. The second-order valence-electron chi connectivity index (χ2n) is 7.66. The Kier molecular flexibility index (Phi) is 3.62. The first kappa shape index (κ1) is 17.4. The Morgan fingerprint density at radius 1 is 0.800 bits per heavy atom. The summed E-state index contributed by atoms with van der Waals surface area (Å²) in [4.78, 5) is 2.25. The van der Waals surface area contributed by atoms with E-state index in [4.69, 9.17) is 9.15 Å². The monoisotopic (exact) mass is 412 g/mol. The van der Waals surface area contributed by atoms with Crippen LogP contribution in [0.1, 0.15) is 5.89 Å². The topological polar surface area (TPSA) is 29.5 Å². The van der Waals surface area contributed by atoms with Crippen LogP contribution in [-0.4, -0.2) is 6.54 Å². The minimum Gasteiger partial charge on any atom is -1.00 e. The molecular formula is C25H17ClN2O2. The van der Waals surface area contributed by atoms with Crippen molar-refractivity contribution in [3.63, 3.8) is 0 Å². The lowest BCUT2D eigenvalue weighted by atomic mass is 10.1. The molecule has 0 spiro atoms. The van der Waals surface area contributed by atoms with Gasteiger partial charge in [-0.3, -0.25) is 0 Å². The van der Waals surface area contributed by atoms with Gasteiger partial charge in [0.2, 0.25) is 11.5 Å². The van der Waals surface area contributed by atoms with Crippen LogP contribution in [-0.2, 0) is 6.54 Å². The molecule has 0 radical (unpaired) electrons. The molecule has 0 bridgehead atoms. The largest absolute Gasteiger partial charge is 1.00 e. The second-order valence-corrected chi connectivity index (χ2v) is 7.66. The quantitative estimate of drug-likeness (QED) is 0.365. The maximum absolute atomic E-state index is 6.24. The van der Waals surface area contributed by atoms with Crippen molar-refractivity contribution in [2.75, 3.05) is 11.4 Å². The van der Waals surface area contributed by atoms with Crippen LogP contribution in [0.15, 0.2) is 83.1 Å². The lowest BCUT2D eigenvalue weighted by molar-refractivity contribution is -0.674. The summed E-state index contributed by atoms with van der Waals surface area (Å²) >= 11 is 0. The fraction of sp³-hybridized carbons (Fsp3) is 0.0800. The highest BCUT2D eigenvalue weighted by molar-refractivity contribution is 5.93. The van der Waals surface area contributed by atoms with Crippen molar-refractivity contribution in [3.8, 4) is 5.75 Å². The van der Waals surface area contributed by atoms with Gasteiger partial charge in [-0.1, -0.05) is 48.5 Å². The van der Waals surface area contributed by atoms with Gasteiger partial charge in [-0.05, 0) is 39.7 Å². The zero-order valence-corrected chi connectivity index (χ0v) is 16.8. The normalized spacial score (nSPS) is 14.5. The molecule has 3 heterocycles. The summed E-state index contributed by atoms with van der Waals surface area (Å²) in [6.07, 6.45) is 2.02. The van der Waals surface area contributed by atoms with Crippen LogP contribution < -0.4 is 26.6 Å². The van der Waals surface area contributed by atoms with Gasteiger partial charge in [0, 0.05) is 6.07 Å². The fourth-order valence-electron chi connectivity index (χ4n) is 4.55.